The zero-order valence-corrected chi connectivity index (χ0v) is 11.3. The van der Waals surface area contributed by atoms with E-state index in [0.29, 0.717) is 22.2 Å². The third-order valence-corrected chi connectivity index (χ3v) is 2.98. The predicted molar refractivity (Wildman–Crippen MR) is 69.5 cm³/mol. The molecule has 5 heteroatoms. The number of hydrogen-bond donors (Lipinski definition) is 1. The summed E-state index contributed by atoms with van der Waals surface area (Å²) in [5, 5.41) is 3.98. The van der Waals surface area contributed by atoms with Crippen LogP contribution in [-0.2, 0) is 9.53 Å². The van der Waals surface area contributed by atoms with E-state index in [4.69, 9.17) is 27.9 Å². The number of rotatable bonds is 5. The molecule has 0 aromatic heterocycles. The van der Waals surface area contributed by atoms with E-state index in [1.165, 1.54) is 7.11 Å². The molecule has 0 radical (unpaired) electrons. The number of halogens is 2. The van der Waals surface area contributed by atoms with E-state index in [-0.39, 0.29) is 0 Å². The van der Waals surface area contributed by atoms with Crippen LogP contribution in [0.4, 0.5) is 0 Å². The number of benzene rings is 1. The van der Waals surface area contributed by atoms with E-state index in [1.54, 1.807) is 18.2 Å². The van der Waals surface area contributed by atoms with E-state index >= 15 is 0 Å². The smallest absolute Gasteiger partial charge is 0.327 e. The van der Waals surface area contributed by atoms with Crippen LogP contribution in [0.3, 0.4) is 0 Å². The first-order valence-corrected chi connectivity index (χ1v) is 6.12. The highest BCUT2D eigenvalue weighted by Crippen LogP contribution is 2.30. The summed E-state index contributed by atoms with van der Waals surface area (Å²) in [4.78, 5) is 11.7. The Balaban J connectivity index is 3.07. The van der Waals surface area contributed by atoms with Crippen molar-refractivity contribution in [2.24, 2.45) is 0 Å². The second-order valence-electron chi connectivity index (χ2n) is 3.55. The Morgan fingerprint density at radius 2 is 2.00 bits per heavy atom. The molecular weight excluding hydrogens is 261 g/mol. The number of hydrogen-bond acceptors (Lipinski definition) is 3. The third kappa shape index (κ3) is 3.60. The van der Waals surface area contributed by atoms with Crippen LogP contribution in [0.25, 0.3) is 0 Å². The van der Waals surface area contributed by atoms with Crippen LogP contribution in [0, 0.1) is 0 Å². The molecule has 0 aliphatic heterocycles. The van der Waals surface area contributed by atoms with E-state index < -0.39 is 12.0 Å². The van der Waals surface area contributed by atoms with Crippen LogP contribution in [0.5, 0.6) is 0 Å². The monoisotopic (exact) mass is 275 g/mol. The molecule has 0 aliphatic carbocycles. The van der Waals surface area contributed by atoms with Crippen molar-refractivity contribution < 1.29 is 9.53 Å². The molecule has 3 nitrogen and oxygen atoms in total. The van der Waals surface area contributed by atoms with Gasteiger partial charge in [-0.25, -0.2) is 4.79 Å². The Labute approximate surface area is 111 Å². The number of methoxy groups -OCH3 is 1. The average Bonchev–Trinajstić information content (AvgIpc) is 2.32. The van der Waals surface area contributed by atoms with Crippen molar-refractivity contribution in [2.75, 3.05) is 13.7 Å². The van der Waals surface area contributed by atoms with Crippen molar-refractivity contribution >= 4 is 29.2 Å². The van der Waals surface area contributed by atoms with Crippen molar-refractivity contribution in [2.45, 2.75) is 19.4 Å². The second kappa shape index (κ2) is 6.84. The zero-order valence-electron chi connectivity index (χ0n) is 9.80. The standard InChI is InChI=1S/C12H15Cl2NO2/c1-3-7-15-11(12(16)17-2)10-8(13)5-4-6-9(10)14/h4-6,11,15H,3,7H2,1-2H3. The van der Waals surface area contributed by atoms with Crippen LogP contribution in [0.1, 0.15) is 24.9 Å². The first-order chi connectivity index (χ1) is 8.11. The molecule has 1 rings (SSSR count). The zero-order chi connectivity index (χ0) is 12.8. The molecule has 0 spiro atoms. The molecule has 1 atom stereocenters. The fourth-order valence-corrected chi connectivity index (χ4v) is 2.11. The largest absolute Gasteiger partial charge is 0.468 e. The summed E-state index contributed by atoms with van der Waals surface area (Å²) in [6.07, 6.45) is 0.898. The maximum absolute atomic E-state index is 11.7. The van der Waals surface area contributed by atoms with Crippen LogP contribution in [0.2, 0.25) is 10.0 Å². The highest BCUT2D eigenvalue weighted by atomic mass is 35.5. The Morgan fingerprint density at radius 1 is 1.41 bits per heavy atom. The number of carbonyl (C=O) groups excluding carboxylic acids is 1. The van der Waals surface area contributed by atoms with E-state index in [1.807, 2.05) is 6.92 Å². The fourth-order valence-electron chi connectivity index (χ4n) is 1.50. The molecular formula is C12H15Cl2NO2. The molecule has 0 amide bonds. The van der Waals surface area contributed by atoms with Crippen LogP contribution in [-0.4, -0.2) is 19.6 Å². The molecule has 0 bridgehead atoms. The first-order valence-electron chi connectivity index (χ1n) is 5.37. The molecule has 17 heavy (non-hydrogen) atoms. The topological polar surface area (TPSA) is 38.3 Å². The molecule has 1 aromatic carbocycles. The van der Waals surface area contributed by atoms with Crippen molar-refractivity contribution in [3.8, 4) is 0 Å². The van der Waals surface area contributed by atoms with Gasteiger partial charge in [-0.2, -0.15) is 0 Å². The number of ether oxygens (including phenoxy) is 1. The van der Waals surface area contributed by atoms with Gasteiger partial charge in [0.25, 0.3) is 0 Å². The fraction of sp³-hybridized carbons (Fsp3) is 0.417. The van der Waals surface area contributed by atoms with E-state index in [2.05, 4.69) is 5.32 Å². The van der Waals surface area contributed by atoms with Crippen LogP contribution in [0.15, 0.2) is 18.2 Å². The van der Waals surface area contributed by atoms with Crippen molar-refractivity contribution in [3.05, 3.63) is 33.8 Å². The normalized spacial score (nSPS) is 12.2. The lowest BCUT2D eigenvalue weighted by molar-refractivity contribution is -0.143. The molecule has 0 fully saturated rings. The van der Waals surface area contributed by atoms with Gasteiger partial charge in [0.2, 0.25) is 0 Å². The van der Waals surface area contributed by atoms with Crippen LogP contribution < -0.4 is 5.32 Å². The van der Waals surface area contributed by atoms with Gasteiger partial charge in [-0.3, -0.25) is 0 Å². The van der Waals surface area contributed by atoms with Gasteiger partial charge < -0.3 is 10.1 Å². The lowest BCUT2D eigenvalue weighted by Gasteiger charge is -2.18. The minimum absolute atomic E-state index is 0.395. The van der Waals surface area contributed by atoms with E-state index in [0.717, 1.165) is 6.42 Å². The SMILES string of the molecule is CCCNC(C(=O)OC)c1c(Cl)cccc1Cl. The summed E-state index contributed by atoms with van der Waals surface area (Å²) in [6, 6.07) is 4.52. The van der Waals surface area contributed by atoms with Gasteiger partial charge in [-0.15, -0.1) is 0 Å². The molecule has 1 aromatic rings. The summed E-state index contributed by atoms with van der Waals surface area (Å²) < 4.78 is 4.76. The summed E-state index contributed by atoms with van der Waals surface area (Å²) in [7, 11) is 1.34. The summed E-state index contributed by atoms with van der Waals surface area (Å²) in [6.45, 7) is 2.69. The minimum atomic E-state index is -0.624. The van der Waals surface area contributed by atoms with Gasteiger partial charge in [-0.05, 0) is 25.1 Å². The van der Waals surface area contributed by atoms with Gasteiger partial charge in [0.05, 0.1) is 7.11 Å². The molecule has 0 heterocycles. The Hall–Kier alpha value is -0.770. The molecule has 1 unspecified atom stereocenters. The van der Waals surface area contributed by atoms with Gasteiger partial charge in [-0.1, -0.05) is 36.2 Å². The van der Waals surface area contributed by atoms with Crippen LogP contribution >= 0.6 is 23.2 Å². The van der Waals surface area contributed by atoms with Gasteiger partial charge in [0.15, 0.2) is 0 Å². The van der Waals surface area contributed by atoms with Gasteiger partial charge >= 0.3 is 5.97 Å². The van der Waals surface area contributed by atoms with Gasteiger partial charge in [0, 0.05) is 15.6 Å². The van der Waals surface area contributed by atoms with Crippen molar-refractivity contribution in [1.82, 2.24) is 5.32 Å². The summed E-state index contributed by atoms with van der Waals surface area (Å²) >= 11 is 12.1. The molecule has 0 saturated carbocycles. The Morgan fingerprint density at radius 3 is 2.47 bits per heavy atom. The average molecular weight is 276 g/mol. The highest BCUT2D eigenvalue weighted by molar-refractivity contribution is 6.36. The number of nitrogens with one attached hydrogen (secondary N) is 1. The first kappa shape index (κ1) is 14.3. The van der Waals surface area contributed by atoms with Gasteiger partial charge in [0.1, 0.15) is 6.04 Å². The lowest BCUT2D eigenvalue weighted by atomic mass is 10.1. The number of carbonyl (C=O) groups is 1. The molecule has 0 aliphatic rings. The highest BCUT2D eigenvalue weighted by Gasteiger charge is 2.25. The quantitative estimate of drug-likeness (QED) is 0.839. The summed E-state index contributed by atoms with van der Waals surface area (Å²) in [5.74, 6) is -0.395. The number of esters is 1. The maximum Gasteiger partial charge on any atom is 0.327 e. The lowest BCUT2D eigenvalue weighted by Crippen LogP contribution is -2.30. The molecule has 1 N–H and O–H groups in total. The molecule has 0 saturated heterocycles. The van der Waals surface area contributed by atoms with E-state index in [9.17, 15) is 4.79 Å². The molecule has 94 valence electrons. The Bertz CT molecular complexity index is 376. The Kier molecular flexibility index (Phi) is 5.75. The third-order valence-electron chi connectivity index (χ3n) is 2.32. The van der Waals surface area contributed by atoms with Crippen molar-refractivity contribution in [3.63, 3.8) is 0 Å². The minimum Gasteiger partial charge on any atom is -0.468 e. The maximum atomic E-state index is 11.7. The summed E-state index contributed by atoms with van der Waals surface area (Å²) in [5.41, 5.74) is 0.566. The second-order valence-corrected chi connectivity index (χ2v) is 4.36. The predicted octanol–water partition coefficient (Wildman–Crippen LogP) is 3.21. The van der Waals surface area contributed by atoms with Crippen molar-refractivity contribution in [1.29, 1.82) is 0 Å².